The number of para-hydroxylation sites is 1. The van der Waals surface area contributed by atoms with Crippen molar-refractivity contribution in [2.45, 2.75) is 12.5 Å². The van der Waals surface area contributed by atoms with Gasteiger partial charge in [-0.1, -0.05) is 78.9 Å². The fourth-order valence-electron chi connectivity index (χ4n) is 2.71. The Labute approximate surface area is 141 Å². The zero-order valence-corrected chi connectivity index (χ0v) is 13.4. The number of anilines is 1. The average Bonchev–Trinajstić information content (AvgIpc) is 2.64. The molecule has 3 aromatic carbocycles. The first-order valence-corrected chi connectivity index (χ1v) is 7.83. The van der Waals surface area contributed by atoms with Crippen molar-refractivity contribution in [3.8, 4) is 0 Å². The number of carbonyl (C=O) groups excluding carboxylic acids is 1. The number of nitrogens with one attached hydrogen (secondary N) is 1. The minimum atomic E-state index is -1.76. The highest BCUT2D eigenvalue weighted by Gasteiger charge is 2.39. The Morgan fingerprint density at radius 2 is 1.25 bits per heavy atom. The smallest absolute Gasteiger partial charge is 0.265 e. The summed E-state index contributed by atoms with van der Waals surface area (Å²) < 4.78 is 0. The summed E-state index contributed by atoms with van der Waals surface area (Å²) in [4.78, 5) is 13.0. The number of aliphatic hydroxyl groups is 1. The van der Waals surface area contributed by atoms with Crippen LogP contribution in [0.1, 0.15) is 16.7 Å². The Morgan fingerprint density at radius 1 is 0.792 bits per heavy atom. The van der Waals surface area contributed by atoms with E-state index in [-0.39, 0.29) is 0 Å². The quantitative estimate of drug-likeness (QED) is 0.767. The number of carbonyl (C=O) groups is 1. The molecule has 3 heteroatoms. The van der Waals surface area contributed by atoms with Crippen LogP contribution in [0.4, 0.5) is 5.69 Å². The van der Waals surface area contributed by atoms with Crippen LogP contribution < -0.4 is 5.32 Å². The van der Waals surface area contributed by atoms with Gasteiger partial charge in [-0.25, -0.2) is 0 Å². The second kappa shape index (κ2) is 6.69. The van der Waals surface area contributed by atoms with Crippen molar-refractivity contribution in [3.05, 3.63) is 102 Å². The molecule has 0 heterocycles. The van der Waals surface area contributed by atoms with E-state index < -0.39 is 11.5 Å². The van der Waals surface area contributed by atoms with Crippen LogP contribution in [0.15, 0.2) is 84.9 Å². The minimum Gasteiger partial charge on any atom is -0.372 e. The van der Waals surface area contributed by atoms with Crippen molar-refractivity contribution in [2.24, 2.45) is 0 Å². The van der Waals surface area contributed by atoms with Crippen LogP contribution in [0, 0.1) is 6.92 Å². The van der Waals surface area contributed by atoms with Gasteiger partial charge in [0.2, 0.25) is 0 Å². The molecular weight excluding hydrogens is 298 g/mol. The predicted molar refractivity (Wildman–Crippen MR) is 95.7 cm³/mol. The van der Waals surface area contributed by atoms with E-state index in [9.17, 15) is 9.90 Å². The molecule has 1 amide bonds. The summed E-state index contributed by atoms with van der Waals surface area (Å²) in [5.41, 5.74) is 0.928. The lowest BCUT2D eigenvalue weighted by atomic mass is 9.85. The molecule has 0 atom stereocenters. The highest BCUT2D eigenvalue weighted by Crippen LogP contribution is 2.31. The van der Waals surface area contributed by atoms with E-state index in [4.69, 9.17) is 0 Å². The van der Waals surface area contributed by atoms with E-state index in [0.717, 1.165) is 5.56 Å². The minimum absolute atomic E-state index is 0.478. The van der Waals surface area contributed by atoms with E-state index >= 15 is 0 Å². The molecule has 0 saturated heterocycles. The van der Waals surface area contributed by atoms with E-state index in [1.165, 1.54) is 0 Å². The fraction of sp³-hybridized carbons (Fsp3) is 0.0952. The number of hydrogen-bond acceptors (Lipinski definition) is 2. The van der Waals surface area contributed by atoms with Gasteiger partial charge in [0.15, 0.2) is 5.60 Å². The van der Waals surface area contributed by atoms with Gasteiger partial charge in [-0.05, 0) is 29.7 Å². The molecule has 0 spiro atoms. The van der Waals surface area contributed by atoms with Gasteiger partial charge >= 0.3 is 0 Å². The molecular formula is C21H19NO2. The van der Waals surface area contributed by atoms with E-state index in [2.05, 4.69) is 5.32 Å². The number of rotatable bonds is 4. The molecule has 120 valence electrons. The van der Waals surface area contributed by atoms with Gasteiger partial charge in [0.1, 0.15) is 0 Å². The first-order valence-electron chi connectivity index (χ1n) is 7.83. The zero-order valence-electron chi connectivity index (χ0n) is 13.4. The van der Waals surface area contributed by atoms with Crippen molar-refractivity contribution >= 4 is 11.6 Å². The molecule has 3 rings (SSSR count). The predicted octanol–water partition coefficient (Wildman–Crippen LogP) is 3.87. The Kier molecular flexibility index (Phi) is 4.45. The SMILES string of the molecule is Cc1ccccc1NC(=O)C(O)(c1ccccc1)c1ccccc1. The van der Waals surface area contributed by atoms with Crippen LogP contribution >= 0.6 is 0 Å². The van der Waals surface area contributed by atoms with Crippen molar-refractivity contribution in [1.29, 1.82) is 0 Å². The molecule has 0 unspecified atom stereocenters. The third-order valence-electron chi connectivity index (χ3n) is 4.11. The Hall–Kier alpha value is -2.91. The third kappa shape index (κ3) is 2.94. The van der Waals surface area contributed by atoms with Crippen LogP contribution in [0.5, 0.6) is 0 Å². The lowest BCUT2D eigenvalue weighted by Gasteiger charge is -2.28. The second-order valence-electron chi connectivity index (χ2n) is 5.71. The molecule has 3 aromatic rings. The van der Waals surface area contributed by atoms with Crippen LogP contribution in [0.3, 0.4) is 0 Å². The largest absolute Gasteiger partial charge is 0.372 e. The fourth-order valence-corrected chi connectivity index (χ4v) is 2.71. The Morgan fingerprint density at radius 3 is 1.75 bits per heavy atom. The number of aryl methyl sites for hydroxylation is 1. The highest BCUT2D eigenvalue weighted by atomic mass is 16.3. The molecule has 0 bridgehead atoms. The van der Waals surface area contributed by atoms with Crippen molar-refractivity contribution in [2.75, 3.05) is 5.32 Å². The maximum Gasteiger partial charge on any atom is 0.265 e. The summed E-state index contributed by atoms with van der Waals surface area (Å²) in [6.45, 7) is 1.92. The third-order valence-corrected chi connectivity index (χ3v) is 4.11. The average molecular weight is 317 g/mol. The maximum atomic E-state index is 13.0. The first-order chi connectivity index (χ1) is 11.6. The van der Waals surface area contributed by atoms with Gasteiger partial charge in [0.25, 0.3) is 5.91 Å². The Bertz CT molecular complexity index is 789. The molecule has 2 N–H and O–H groups in total. The highest BCUT2D eigenvalue weighted by molar-refractivity contribution is 6.00. The standard InChI is InChI=1S/C21H19NO2/c1-16-10-8-9-15-19(16)22-20(23)21(24,17-11-4-2-5-12-17)18-13-6-3-7-14-18/h2-15,24H,1H3,(H,22,23). The first kappa shape index (κ1) is 16.0. The van der Waals surface area contributed by atoms with Crippen molar-refractivity contribution < 1.29 is 9.90 Å². The normalized spacial score (nSPS) is 11.1. The number of benzene rings is 3. The van der Waals surface area contributed by atoms with Gasteiger partial charge in [0, 0.05) is 5.69 Å². The zero-order chi connectivity index (χ0) is 17.0. The van der Waals surface area contributed by atoms with E-state index in [1.54, 1.807) is 24.3 Å². The van der Waals surface area contributed by atoms with Gasteiger partial charge in [-0.3, -0.25) is 4.79 Å². The van der Waals surface area contributed by atoms with Crippen LogP contribution in [-0.4, -0.2) is 11.0 Å². The van der Waals surface area contributed by atoms with Gasteiger partial charge in [-0.2, -0.15) is 0 Å². The number of hydrogen-bond donors (Lipinski definition) is 2. The van der Waals surface area contributed by atoms with Crippen LogP contribution in [-0.2, 0) is 10.4 Å². The molecule has 0 aliphatic heterocycles. The summed E-state index contributed by atoms with van der Waals surface area (Å²) in [5.74, 6) is -0.478. The van der Waals surface area contributed by atoms with Crippen molar-refractivity contribution in [1.82, 2.24) is 0 Å². The van der Waals surface area contributed by atoms with E-state index in [0.29, 0.717) is 16.8 Å². The van der Waals surface area contributed by atoms with Crippen LogP contribution in [0.2, 0.25) is 0 Å². The lowest BCUT2D eigenvalue weighted by Crippen LogP contribution is -2.41. The summed E-state index contributed by atoms with van der Waals surface area (Å²) in [5, 5.41) is 14.2. The second-order valence-corrected chi connectivity index (χ2v) is 5.71. The maximum absolute atomic E-state index is 13.0. The summed E-state index contributed by atoms with van der Waals surface area (Å²) >= 11 is 0. The Balaban J connectivity index is 2.06. The van der Waals surface area contributed by atoms with Gasteiger partial charge in [0.05, 0.1) is 0 Å². The summed E-state index contributed by atoms with van der Waals surface area (Å²) in [6, 6.07) is 25.5. The summed E-state index contributed by atoms with van der Waals surface area (Å²) in [7, 11) is 0. The van der Waals surface area contributed by atoms with E-state index in [1.807, 2.05) is 67.6 Å². The van der Waals surface area contributed by atoms with Gasteiger partial charge < -0.3 is 10.4 Å². The molecule has 0 aromatic heterocycles. The molecule has 0 fully saturated rings. The molecule has 3 nitrogen and oxygen atoms in total. The molecule has 0 aliphatic carbocycles. The number of amides is 1. The topological polar surface area (TPSA) is 49.3 Å². The van der Waals surface area contributed by atoms with Crippen molar-refractivity contribution in [3.63, 3.8) is 0 Å². The summed E-state index contributed by atoms with van der Waals surface area (Å²) in [6.07, 6.45) is 0. The lowest BCUT2D eigenvalue weighted by molar-refractivity contribution is -0.131. The molecule has 0 aliphatic rings. The van der Waals surface area contributed by atoms with Crippen LogP contribution in [0.25, 0.3) is 0 Å². The molecule has 0 saturated carbocycles. The monoisotopic (exact) mass is 317 g/mol. The molecule has 0 radical (unpaired) electrons. The van der Waals surface area contributed by atoms with Gasteiger partial charge in [-0.15, -0.1) is 0 Å². The molecule has 24 heavy (non-hydrogen) atoms.